The summed E-state index contributed by atoms with van der Waals surface area (Å²) in [5, 5.41) is 14.2. The summed E-state index contributed by atoms with van der Waals surface area (Å²) in [5.74, 6) is -0.398. The summed E-state index contributed by atoms with van der Waals surface area (Å²) in [6.45, 7) is 0. The number of carbonyl (C=O) groups is 1. The first-order valence-electron chi connectivity index (χ1n) is 8.22. The number of rotatable bonds is 4. The van der Waals surface area contributed by atoms with E-state index in [9.17, 15) is 9.90 Å². The van der Waals surface area contributed by atoms with Crippen LogP contribution in [-0.2, 0) is 0 Å². The lowest BCUT2D eigenvalue weighted by Gasteiger charge is -2.21. The molecule has 0 spiro atoms. The molecule has 0 aliphatic rings. The first kappa shape index (κ1) is 17.1. The quantitative estimate of drug-likeness (QED) is 0.565. The minimum atomic E-state index is -1.10. The molecule has 0 amide bonds. The van der Waals surface area contributed by atoms with Gasteiger partial charge in [-0.05, 0) is 24.3 Å². The predicted molar refractivity (Wildman–Crippen MR) is 105 cm³/mol. The second-order valence-corrected chi connectivity index (χ2v) is 6.44. The number of carboxylic acids is 1. The summed E-state index contributed by atoms with van der Waals surface area (Å²) in [4.78, 5) is 17.9. The second-order valence-electron chi connectivity index (χ2n) is 6.01. The maximum Gasteiger partial charge on any atom is 0.356 e. The van der Waals surface area contributed by atoms with Crippen LogP contribution in [0.2, 0.25) is 5.02 Å². The van der Waals surface area contributed by atoms with Gasteiger partial charge in [0.25, 0.3) is 0 Å². The van der Waals surface area contributed by atoms with Crippen LogP contribution in [0.4, 0.5) is 11.5 Å². The summed E-state index contributed by atoms with van der Waals surface area (Å²) in [5.41, 5.74) is 2.92. The van der Waals surface area contributed by atoms with E-state index in [4.69, 9.17) is 11.6 Å². The normalized spacial score (nSPS) is 10.9. The Labute approximate surface area is 160 Å². The third kappa shape index (κ3) is 3.22. The highest BCUT2D eigenvalue weighted by Crippen LogP contribution is 2.29. The summed E-state index contributed by atoms with van der Waals surface area (Å²) in [7, 11) is 1.90. The number of carboxylic acid groups (broad SMARTS) is 1. The van der Waals surface area contributed by atoms with Crippen LogP contribution in [0, 0.1) is 0 Å². The van der Waals surface area contributed by atoms with Crippen LogP contribution >= 0.6 is 11.6 Å². The molecular formula is C20H15ClN4O2. The molecule has 2 aromatic heterocycles. The second kappa shape index (κ2) is 6.74. The molecule has 6 nitrogen and oxygen atoms in total. The molecule has 0 unspecified atom stereocenters. The van der Waals surface area contributed by atoms with Crippen molar-refractivity contribution in [3.8, 4) is 11.3 Å². The van der Waals surface area contributed by atoms with Crippen LogP contribution in [-0.4, -0.2) is 32.7 Å². The lowest BCUT2D eigenvalue weighted by atomic mass is 10.1. The van der Waals surface area contributed by atoms with Crippen molar-refractivity contribution in [3.63, 3.8) is 0 Å². The molecule has 4 aromatic rings. The van der Waals surface area contributed by atoms with Crippen LogP contribution < -0.4 is 4.90 Å². The van der Waals surface area contributed by atoms with Gasteiger partial charge >= 0.3 is 5.97 Å². The van der Waals surface area contributed by atoms with E-state index in [2.05, 4.69) is 10.1 Å². The fourth-order valence-electron chi connectivity index (χ4n) is 2.85. The lowest BCUT2D eigenvalue weighted by Crippen LogP contribution is -2.15. The van der Waals surface area contributed by atoms with Gasteiger partial charge in [-0.15, -0.1) is 0 Å². The van der Waals surface area contributed by atoms with Gasteiger partial charge < -0.3 is 10.0 Å². The standard InChI is InChI=1S/C20H15ClN4O2/c1-24(15-5-3-2-4-6-15)19-12-16(13-7-9-14(21)10-8-13)22-18-11-17(20(26)27)23-25(18)19/h2-12H,1H3,(H,26,27). The Balaban J connectivity index is 1.94. The monoisotopic (exact) mass is 378 g/mol. The summed E-state index contributed by atoms with van der Waals surface area (Å²) in [6, 6.07) is 20.4. The molecule has 0 radical (unpaired) electrons. The molecule has 2 aromatic carbocycles. The predicted octanol–water partition coefficient (Wildman–Crippen LogP) is 4.52. The van der Waals surface area contributed by atoms with Gasteiger partial charge in [0.15, 0.2) is 11.3 Å². The largest absolute Gasteiger partial charge is 0.476 e. The Bertz CT molecular complexity index is 1120. The number of anilines is 2. The van der Waals surface area contributed by atoms with Gasteiger partial charge in [-0.2, -0.15) is 9.61 Å². The van der Waals surface area contributed by atoms with Crippen LogP contribution in [0.25, 0.3) is 16.9 Å². The van der Waals surface area contributed by atoms with Crippen molar-refractivity contribution in [2.45, 2.75) is 0 Å². The fourth-order valence-corrected chi connectivity index (χ4v) is 2.98. The molecule has 4 rings (SSSR count). The zero-order valence-electron chi connectivity index (χ0n) is 14.4. The van der Waals surface area contributed by atoms with Crippen molar-refractivity contribution in [2.75, 3.05) is 11.9 Å². The first-order chi connectivity index (χ1) is 13.0. The Morgan fingerprint density at radius 2 is 1.78 bits per heavy atom. The summed E-state index contributed by atoms with van der Waals surface area (Å²) < 4.78 is 1.54. The van der Waals surface area contributed by atoms with Crippen LogP contribution in [0.1, 0.15) is 10.5 Å². The number of fused-ring (bicyclic) bond motifs is 1. The van der Waals surface area contributed by atoms with Crippen molar-refractivity contribution in [1.82, 2.24) is 14.6 Å². The summed E-state index contributed by atoms with van der Waals surface area (Å²) in [6.07, 6.45) is 0. The van der Waals surface area contributed by atoms with Crippen molar-refractivity contribution in [3.05, 3.63) is 77.4 Å². The van der Waals surface area contributed by atoms with E-state index in [1.165, 1.54) is 10.6 Å². The van der Waals surface area contributed by atoms with Crippen molar-refractivity contribution >= 4 is 34.7 Å². The molecule has 1 N–H and O–H groups in total. The minimum absolute atomic E-state index is 0.0570. The Morgan fingerprint density at radius 3 is 2.44 bits per heavy atom. The summed E-state index contributed by atoms with van der Waals surface area (Å²) >= 11 is 5.99. The van der Waals surface area contributed by atoms with Crippen LogP contribution in [0.15, 0.2) is 66.7 Å². The van der Waals surface area contributed by atoms with Gasteiger partial charge in [-0.1, -0.05) is 41.9 Å². The molecule has 0 fully saturated rings. The molecular weight excluding hydrogens is 364 g/mol. The molecule has 0 saturated heterocycles. The Hall–Kier alpha value is -3.38. The average Bonchev–Trinajstić information content (AvgIpc) is 3.12. The average molecular weight is 379 g/mol. The molecule has 0 aliphatic heterocycles. The van der Waals surface area contributed by atoms with E-state index in [1.807, 2.05) is 60.5 Å². The van der Waals surface area contributed by atoms with Gasteiger partial charge in [0.05, 0.1) is 5.69 Å². The number of aromatic nitrogens is 3. The third-order valence-corrected chi connectivity index (χ3v) is 4.51. The van der Waals surface area contributed by atoms with Crippen LogP contribution in [0.3, 0.4) is 0 Å². The minimum Gasteiger partial charge on any atom is -0.476 e. The topological polar surface area (TPSA) is 70.7 Å². The Kier molecular flexibility index (Phi) is 4.25. The van der Waals surface area contributed by atoms with E-state index in [0.717, 1.165) is 11.3 Å². The maximum absolute atomic E-state index is 11.4. The highest BCUT2D eigenvalue weighted by molar-refractivity contribution is 6.30. The Morgan fingerprint density at radius 1 is 1.07 bits per heavy atom. The zero-order valence-corrected chi connectivity index (χ0v) is 15.1. The number of benzene rings is 2. The molecule has 0 atom stereocenters. The van der Waals surface area contributed by atoms with E-state index in [1.54, 1.807) is 12.1 Å². The number of nitrogens with zero attached hydrogens (tertiary/aromatic N) is 4. The molecule has 0 aliphatic carbocycles. The van der Waals surface area contributed by atoms with E-state index < -0.39 is 5.97 Å². The van der Waals surface area contributed by atoms with Crippen LogP contribution in [0.5, 0.6) is 0 Å². The molecule has 0 saturated carbocycles. The van der Waals surface area contributed by atoms with Gasteiger partial charge in [-0.25, -0.2) is 9.78 Å². The first-order valence-corrected chi connectivity index (χ1v) is 8.59. The molecule has 134 valence electrons. The highest BCUT2D eigenvalue weighted by Gasteiger charge is 2.17. The number of para-hydroxylation sites is 1. The van der Waals surface area contributed by atoms with Crippen molar-refractivity contribution in [2.24, 2.45) is 0 Å². The van der Waals surface area contributed by atoms with Crippen molar-refractivity contribution < 1.29 is 9.90 Å². The third-order valence-electron chi connectivity index (χ3n) is 4.25. The van der Waals surface area contributed by atoms with Crippen molar-refractivity contribution in [1.29, 1.82) is 0 Å². The molecule has 2 heterocycles. The lowest BCUT2D eigenvalue weighted by molar-refractivity contribution is 0.0690. The highest BCUT2D eigenvalue weighted by atomic mass is 35.5. The number of hydrogen-bond donors (Lipinski definition) is 1. The maximum atomic E-state index is 11.4. The number of halogens is 1. The SMILES string of the molecule is CN(c1ccccc1)c1cc(-c2ccc(Cl)cc2)nc2cc(C(=O)O)nn12. The van der Waals surface area contributed by atoms with Gasteiger partial charge in [0, 0.05) is 35.5 Å². The van der Waals surface area contributed by atoms with E-state index in [-0.39, 0.29) is 5.69 Å². The number of hydrogen-bond acceptors (Lipinski definition) is 4. The van der Waals surface area contributed by atoms with Gasteiger partial charge in [-0.3, -0.25) is 0 Å². The zero-order chi connectivity index (χ0) is 19.0. The van der Waals surface area contributed by atoms with E-state index >= 15 is 0 Å². The molecule has 0 bridgehead atoms. The smallest absolute Gasteiger partial charge is 0.356 e. The van der Waals surface area contributed by atoms with E-state index in [0.29, 0.717) is 22.2 Å². The van der Waals surface area contributed by atoms with Gasteiger partial charge in [0.1, 0.15) is 5.82 Å². The number of aromatic carboxylic acids is 1. The molecule has 7 heteroatoms. The van der Waals surface area contributed by atoms with Gasteiger partial charge in [0.2, 0.25) is 0 Å². The molecule has 27 heavy (non-hydrogen) atoms. The fraction of sp³-hybridized carbons (Fsp3) is 0.0500.